The molecule has 0 unspecified atom stereocenters. The largest absolute Gasteiger partial charge is 0.0843 e. The molecule has 3 aromatic rings. The van der Waals surface area contributed by atoms with Crippen LogP contribution in [-0.2, 0) is 6.42 Å². The van der Waals surface area contributed by atoms with E-state index in [0.29, 0.717) is 0 Å². The van der Waals surface area contributed by atoms with E-state index in [2.05, 4.69) is 80.6 Å². The summed E-state index contributed by atoms with van der Waals surface area (Å²) in [6.45, 7) is 4.34. The lowest BCUT2D eigenvalue weighted by molar-refractivity contribution is 0.985. The minimum atomic E-state index is 0.770. The van der Waals surface area contributed by atoms with Gasteiger partial charge in [-0.05, 0) is 66.6 Å². The van der Waals surface area contributed by atoms with Gasteiger partial charge in [0.15, 0.2) is 0 Å². The van der Waals surface area contributed by atoms with Crippen molar-refractivity contribution in [2.75, 3.05) is 0 Å². The second-order valence-electron chi connectivity index (χ2n) is 6.46. The number of aryl methyl sites for hydroxylation is 3. The van der Waals surface area contributed by atoms with Crippen molar-refractivity contribution >= 4 is 17.2 Å². The smallest absolute Gasteiger partial charge is 0.0406 e. The minimum Gasteiger partial charge on any atom is -0.0843 e. The Morgan fingerprint density at radius 1 is 0.840 bits per heavy atom. The molecular formula is C24H23Cl. The zero-order chi connectivity index (χ0) is 17.6. The van der Waals surface area contributed by atoms with E-state index in [-0.39, 0.29) is 0 Å². The van der Waals surface area contributed by atoms with Crippen molar-refractivity contribution in [3.63, 3.8) is 0 Å². The molecule has 0 saturated carbocycles. The molecule has 0 spiro atoms. The first-order chi connectivity index (χ1) is 12.1. The van der Waals surface area contributed by atoms with Crippen LogP contribution in [0.4, 0.5) is 0 Å². The molecule has 0 saturated heterocycles. The van der Waals surface area contributed by atoms with E-state index in [4.69, 9.17) is 11.6 Å². The molecule has 25 heavy (non-hydrogen) atoms. The summed E-state index contributed by atoms with van der Waals surface area (Å²) in [5, 5.41) is 0.770. The van der Waals surface area contributed by atoms with Crippen LogP contribution in [0.1, 0.15) is 34.2 Å². The van der Waals surface area contributed by atoms with Crippen molar-refractivity contribution < 1.29 is 0 Å². The second kappa shape index (κ2) is 8.18. The summed E-state index contributed by atoms with van der Waals surface area (Å²) >= 11 is 6.06. The third-order valence-electron chi connectivity index (χ3n) is 4.51. The van der Waals surface area contributed by atoms with E-state index in [1.54, 1.807) is 0 Å². The average Bonchev–Trinajstić information content (AvgIpc) is 2.63. The zero-order valence-electron chi connectivity index (χ0n) is 14.8. The lowest BCUT2D eigenvalue weighted by Crippen LogP contribution is -1.92. The van der Waals surface area contributed by atoms with Crippen LogP contribution in [0.5, 0.6) is 0 Å². The molecule has 0 aliphatic rings. The maximum Gasteiger partial charge on any atom is 0.0406 e. The van der Waals surface area contributed by atoms with Crippen molar-refractivity contribution in [3.8, 4) is 0 Å². The van der Waals surface area contributed by atoms with E-state index in [1.165, 1.54) is 33.4 Å². The van der Waals surface area contributed by atoms with Gasteiger partial charge in [-0.1, -0.05) is 83.9 Å². The minimum absolute atomic E-state index is 0.770. The number of hydrogen-bond acceptors (Lipinski definition) is 0. The highest BCUT2D eigenvalue weighted by atomic mass is 35.5. The molecule has 0 radical (unpaired) electrons. The van der Waals surface area contributed by atoms with Gasteiger partial charge in [-0.15, -0.1) is 0 Å². The monoisotopic (exact) mass is 346 g/mol. The van der Waals surface area contributed by atoms with Crippen LogP contribution in [-0.4, -0.2) is 0 Å². The average molecular weight is 347 g/mol. The highest BCUT2D eigenvalue weighted by Crippen LogP contribution is 2.26. The Morgan fingerprint density at radius 2 is 1.52 bits per heavy atom. The van der Waals surface area contributed by atoms with Crippen LogP contribution in [0, 0.1) is 13.8 Å². The van der Waals surface area contributed by atoms with E-state index >= 15 is 0 Å². The van der Waals surface area contributed by atoms with Crippen molar-refractivity contribution in [2.45, 2.75) is 26.7 Å². The number of hydrogen-bond donors (Lipinski definition) is 0. The fraction of sp³-hybridized carbons (Fsp3) is 0.167. The third kappa shape index (κ3) is 4.61. The maximum absolute atomic E-state index is 6.06. The van der Waals surface area contributed by atoms with Gasteiger partial charge in [0.2, 0.25) is 0 Å². The van der Waals surface area contributed by atoms with E-state index < -0.39 is 0 Å². The van der Waals surface area contributed by atoms with Crippen LogP contribution in [0.25, 0.3) is 5.57 Å². The van der Waals surface area contributed by atoms with Crippen LogP contribution < -0.4 is 0 Å². The molecule has 3 rings (SSSR count). The van der Waals surface area contributed by atoms with Gasteiger partial charge in [0, 0.05) is 5.02 Å². The second-order valence-corrected chi connectivity index (χ2v) is 6.90. The molecule has 0 bridgehead atoms. The van der Waals surface area contributed by atoms with Gasteiger partial charge in [-0.3, -0.25) is 0 Å². The quantitative estimate of drug-likeness (QED) is 0.465. The molecule has 0 aliphatic carbocycles. The number of benzene rings is 3. The summed E-state index contributed by atoms with van der Waals surface area (Å²) < 4.78 is 0. The fourth-order valence-corrected chi connectivity index (χ4v) is 3.22. The van der Waals surface area contributed by atoms with Gasteiger partial charge in [-0.2, -0.15) is 0 Å². The Balaban J connectivity index is 1.87. The summed E-state index contributed by atoms with van der Waals surface area (Å²) in [4.78, 5) is 0. The number of halogens is 1. The number of rotatable bonds is 5. The highest BCUT2D eigenvalue weighted by Gasteiger charge is 2.05. The first kappa shape index (κ1) is 17.5. The van der Waals surface area contributed by atoms with Crippen molar-refractivity contribution in [2.24, 2.45) is 0 Å². The molecule has 0 atom stereocenters. The number of allylic oxidation sites excluding steroid dienone is 1. The first-order valence-electron chi connectivity index (χ1n) is 8.71. The van der Waals surface area contributed by atoms with Crippen LogP contribution >= 0.6 is 11.6 Å². The lowest BCUT2D eigenvalue weighted by Gasteiger charge is -2.10. The van der Waals surface area contributed by atoms with Crippen LogP contribution in [0.2, 0.25) is 5.02 Å². The molecule has 0 aliphatic heterocycles. The summed E-state index contributed by atoms with van der Waals surface area (Å²) in [7, 11) is 0. The Bertz CT molecular complexity index is 858. The third-order valence-corrected chi connectivity index (χ3v) is 4.76. The SMILES string of the molecule is Cc1ccc(C)c(CCC=C(c2ccccc2)c2ccc(Cl)cc2)c1. The van der Waals surface area contributed by atoms with Gasteiger partial charge >= 0.3 is 0 Å². The van der Waals surface area contributed by atoms with E-state index in [9.17, 15) is 0 Å². The predicted octanol–water partition coefficient (Wildman–Crippen LogP) is 7.02. The molecule has 0 aromatic heterocycles. The van der Waals surface area contributed by atoms with Gasteiger partial charge in [0.25, 0.3) is 0 Å². The molecule has 0 nitrogen and oxygen atoms in total. The normalized spacial score (nSPS) is 11.6. The Hall–Kier alpha value is -2.31. The standard InChI is InChI=1S/C24H23Cl/c1-18-11-12-19(2)22(17-18)9-6-10-24(20-7-4-3-5-8-20)21-13-15-23(25)16-14-21/h3-5,7-8,10-17H,6,9H2,1-2H3. The summed E-state index contributed by atoms with van der Waals surface area (Å²) in [6.07, 6.45) is 4.41. The molecular weight excluding hydrogens is 324 g/mol. The van der Waals surface area contributed by atoms with Crippen molar-refractivity contribution in [3.05, 3.63) is 112 Å². The lowest BCUT2D eigenvalue weighted by atomic mass is 9.95. The Morgan fingerprint density at radius 3 is 2.24 bits per heavy atom. The van der Waals surface area contributed by atoms with Gasteiger partial charge in [-0.25, -0.2) is 0 Å². The maximum atomic E-state index is 6.06. The Labute approximate surface area is 155 Å². The van der Waals surface area contributed by atoms with Gasteiger partial charge in [0.05, 0.1) is 0 Å². The molecule has 0 N–H and O–H groups in total. The molecule has 1 heteroatoms. The molecule has 126 valence electrons. The molecule has 0 fully saturated rings. The van der Waals surface area contributed by atoms with Crippen LogP contribution in [0.3, 0.4) is 0 Å². The summed E-state index contributed by atoms with van der Waals surface area (Å²) in [5.41, 5.74) is 7.84. The van der Waals surface area contributed by atoms with Gasteiger partial charge < -0.3 is 0 Å². The zero-order valence-corrected chi connectivity index (χ0v) is 15.6. The molecule has 3 aromatic carbocycles. The first-order valence-corrected chi connectivity index (χ1v) is 9.09. The Kier molecular flexibility index (Phi) is 5.73. The van der Waals surface area contributed by atoms with E-state index in [1.807, 2.05) is 12.1 Å². The van der Waals surface area contributed by atoms with Gasteiger partial charge in [0.1, 0.15) is 0 Å². The predicted molar refractivity (Wildman–Crippen MR) is 109 cm³/mol. The van der Waals surface area contributed by atoms with Crippen molar-refractivity contribution in [1.82, 2.24) is 0 Å². The summed E-state index contributed by atoms with van der Waals surface area (Å²) in [5.74, 6) is 0. The van der Waals surface area contributed by atoms with Crippen molar-refractivity contribution in [1.29, 1.82) is 0 Å². The van der Waals surface area contributed by atoms with Crippen LogP contribution in [0.15, 0.2) is 78.9 Å². The topological polar surface area (TPSA) is 0 Å². The highest BCUT2D eigenvalue weighted by molar-refractivity contribution is 6.30. The fourth-order valence-electron chi connectivity index (χ4n) is 3.09. The van der Waals surface area contributed by atoms with E-state index in [0.717, 1.165) is 17.9 Å². The molecule has 0 amide bonds. The summed E-state index contributed by atoms with van der Waals surface area (Å²) in [6, 6.07) is 25.4. The molecule has 0 heterocycles.